The minimum atomic E-state index is -0.0281. The minimum absolute atomic E-state index is 0.0281. The summed E-state index contributed by atoms with van der Waals surface area (Å²) < 4.78 is 0. The number of hydrogen-bond donors (Lipinski definition) is 1. The van der Waals surface area contributed by atoms with Crippen molar-refractivity contribution in [3.05, 3.63) is 35.4 Å². The average Bonchev–Trinajstić information content (AvgIpc) is 2.34. The Morgan fingerprint density at radius 2 is 2.06 bits per heavy atom. The highest BCUT2D eigenvalue weighted by atomic mass is 16.1. The molecule has 1 rings (SSSR count). The van der Waals surface area contributed by atoms with Crippen LogP contribution in [0.1, 0.15) is 35.7 Å². The van der Waals surface area contributed by atoms with Gasteiger partial charge in [0.05, 0.1) is 0 Å². The second-order valence-corrected chi connectivity index (χ2v) is 3.61. The Morgan fingerprint density at radius 3 is 2.62 bits per heavy atom. The number of hydrogen-bond acceptors (Lipinski definition) is 1. The summed E-state index contributed by atoms with van der Waals surface area (Å²) in [6, 6.07) is 7.68. The monoisotopic (exact) mass is 215 g/mol. The van der Waals surface area contributed by atoms with E-state index in [9.17, 15) is 4.79 Å². The number of aryl methyl sites for hydroxylation is 1. The van der Waals surface area contributed by atoms with Crippen molar-refractivity contribution in [2.24, 2.45) is 0 Å². The van der Waals surface area contributed by atoms with Crippen LogP contribution in [-0.4, -0.2) is 12.5 Å². The maximum atomic E-state index is 11.6. The van der Waals surface area contributed by atoms with Crippen LogP contribution in [-0.2, 0) is 6.42 Å². The summed E-state index contributed by atoms with van der Waals surface area (Å²) >= 11 is 0. The summed E-state index contributed by atoms with van der Waals surface area (Å²) in [6.07, 6.45) is 7.65. The predicted octanol–water partition coefficient (Wildman–Crippen LogP) is 2.39. The van der Waals surface area contributed by atoms with Crippen molar-refractivity contribution in [3.8, 4) is 12.3 Å². The van der Waals surface area contributed by atoms with E-state index in [0.717, 1.165) is 12.8 Å². The van der Waals surface area contributed by atoms with Gasteiger partial charge in [0.25, 0.3) is 5.91 Å². The molecular weight excluding hydrogens is 198 g/mol. The van der Waals surface area contributed by atoms with Crippen LogP contribution in [0.25, 0.3) is 0 Å². The third-order valence-corrected chi connectivity index (χ3v) is 2.41. The quantitative estimate of drug-likeness (QED) is 0.593. The molecule has 1 N–H and O–H groups in total. The van der Waals surface area contributed by atoms with Crippen LogP contribution in [0.2, 0.25) is 0 Å². The van der Waals surface area contributed by atoms with E-state index in [2.05, 4.69) is 18.2 Å². The van der Waals surface area contributed by atoms with Gasteiger partial charge in [0.1, 0.15) is 0 Å². The van der Waals surface area contributed by atoms with Crippen molar-refractivity contribution in [1.29, 1.82) is 0 Å². The number of unbranched alkanes of at least 4 members (excludes halogenated alkanes) is 1. The van der Waals surface area contributed by atoms with E-state index in [-0.39, 0.29) is 5.91 Å². The van der Waals surface area contributed by atoms with E-state index >= 15 is 0 Å². The summed E-state index contributed by atoms with van der Waals surface area (Å²) in [5, 5.41) is 2.84. The molecule has 0 aliphatic heterocycles. The van der Waals surface area contributed by atoms with Crippen LogP contribution in [0.15, 0.2) is 24.3 Å². The van der Waals surface area contributed by atoms with Crippen LogP contribution < -0.4 is 5.32 Å². The first-order chi connectivity index (χ1) is 7.77. The normalized spacial score (nSPS) is 9.50. The Labute approximate surface area is 97.1 Å². The van der Waals surface area contributed by atoms with E-state index in [4.69, 9.17) is 6.42 Å². The van der Waals surface area contributed by atoms with Gasteiger partial charge in [0, 0.05) is 18.5 Å². The zero-order valence-electron chi connectivity index (χ0n) is 9.62. The second-order valence-electron chi connectivity index (χ2n) is 3.61. The summed E-state index contributed by atoms with van der Waals surface area (Å²) in [4.78, 5) is 11.6. The molecule has 0 radical (unpaired) electrons. The summed E-state index contributed by atoms with van der Waals surface area (Å²) in [5.41, 5.74) is 1.95. The van der Waals surface area contributed by atoms with Crippen molar-refractivity contribution in [3.63, 3.8) is 0 Å². The highest BCUT2D eigenvalue weighted by molar-refractivity contribution is 5.94. The Morgan fingerprint density at radius 1 is 1.38 bits per heavy atom. The molecule has 84 valence electrons. The van der Waals surface area contributed by atoms with Gasteiger partial charge in [-0.1, -0.05) is 19.1 Å². The van der Waals surface area contributed by atoms with Crippen LogP contribution in [0.3, 0.4) is 0 Å². The topological polar surface area (TPSA) is 29.1 Å². The van der Waals surface area contributed by atoms with Crippen molar-refractivity contribution in [2.45, 2.75) is 26.2 Å². The first-order valence-corrected chi connectivity index (χ1v) is 5.58. The number of benzene rings is 1. The standard InChI is InChI=1S/C14H17NO/c1-3-5-6-11-15-14(16)13-9-7-12(4-2)8-10-13/h1,7-10H,4-6,11H2,2H3,(H,15,16). The van der Waals surface area contributed by atoms with Gasteiger partial charge in [0.15, 0.2) is 0 Å². The minimum Gasteiger partial charge on any atom is -0.352 e. The maximum absolute atomic E-state index is 11.6. The molecule has 2 heteroatoms. The van der Waals surface area contributed by atoms with Gasteiger partial charge in [-0.2, -0.15) is 0 Å². The fraction of sp³-hybridized carbons (Fsp3) is 0.357. The first kappa shape index (κ1) is 12.3. The molecule has 0 spiro atoms. The fourth-order valence-electron chi connectivity index (χ4n) is 1.39. The van der Waals surface area contributed by atoms with Crippen molar-refractivity contribution in [2.75, 3.05) is 6.54 Å². The molecule has 0 bridgehead atoms. The van der Waals surface area contributed by atoms with Gasteiger partial charge in [-0.15, -0.1) is 12.3 Å². The van der Waals surface area contributed by atoms with Crippen LogP contribution in [0.4, 0.5) is 0 Å². The van der Waals surface area contributed by atoms with E-state index in [0.29, 0.717) is 18.5 Å². The summed E-state index contributed by atoms with van der Waals surface area (Å²) in [5.74, 6) is 2.52. The molecule has 0 aliphatic rings. The second kappa shape index (κ2) is 6.68. The number of amides is 1. The lowest BCUT2D eigenvalue weighted by Gasteiger charge is -2.04. The van der Waals surface area contributed by atoms with Crippen molar-refractivity contribution < 1.29 is 4.79 Å². The summed E-state index contributed by atoms with van der Waals surface area (Å²) in [6.45, 7) is 2.73. The van der Waals surface area contributed by atoms with Gasteiger partial charge in [0.2, 0.25) is 0 Å². The zero-order valence-corrected chi connectivity index (χ0v) is 9.62. The van der Waals surface area contributed by atoms with Crippen LogP contribution >= 0.6 is 0 Å². The molecule has 1 aromatic carbocycles. The van der Waals surface area contributed by atoms with E-state index in [1.807, 2.05) is 24.3 Å². The molecule has 0 aromatic heterocycles. The van der Waals surface area contributed by atoms with Gasteiger partial charge < -0.3 is 5.32 Å². The molecule has 0 unspecified atom stereocenters. The van der Waals surface area contributed by atoms with E-state index in [1.165, 1.54) is 5.56 Å². The number of terminal acetylenes is 1. The number of carbonyl (C=O) groups is 1. The molecule has 16 heavy (non-hydrogen) atoms. The third kappa shape index (κ3) is 3.78. The molecule has 0 saturated carbocycles. The zero-order chi connectivity index (χ0) is 11.8. The summed E-state index contributed by atoms with van der Waals surface area (Å²) in [7, 11) is 0. The SMILES string of the molecule is C#CCCCNC(=O)c1ccc(CC)cc1. The number of nitrogens with one attached hydrogen (secondary N) is 1. The lowest BCUT2D eigenvalue weighted by molar-refractivity contribution is 0.0953. The highest BCUT2D eigenvalue weighted by Gasteiger charge is 2.03. The van der Waals surface area contributed by atoms with Gasteiger partial charge in [-0.3, -0.25) is 4.79 Å². The molecule has 1 aromatic rings. The van der Waals surface area contributed by atoms with E-state index in [1.54, 1.807) is 0 Å². The fourth-order valence-corrected chi connectivity index (χ4v) is 1.39. The Balaban J connectivity index is 2.44. The number of rotatable bonds is 5. The third-order valence-electron chi connectivity index (χ3n) is 2.41. The van der Waals surface area contributed by atoms with Gasteiger partial charge >= 0.3 is 0 Å². The number of carbonyl (C=O) groups excluding carboxylic acids is 1. The molecule has 0 saturated heterocycles. The van der Waals surface area contributed by atoms with Gasteiger partial charge in [-0.05, 0) is 30.5 Å². The Kier molecular flexibility index (Phi) is 5.15. The smallest absolute Gasteiger partial charge is 0.251 e. The molecule has 1 amide bonds. The lowest BCUT2D eigenvalue weighted by atomic mass is 10.1. The van der Waals surface area contributed by atoms with Crippen molar-refractivity contribution >= 4 is 5.91 Å². The van der Waals surface area contributed by atoms with Gasteiger partial charge in [-0.25, -0.2) is 0 Å². The molecule has 2 nitrogen and oxygen atoms in total. The lowest BCUT2D eigenvalue weighted by Crippen LogP contribution is -2.24. The van der Waals surface area contributed by atoms with Crippen LogP contribution in [0.5, 0.6) is 0 Å². The molecule has 0 fully saturated rings. The molecule has 0 atom stereocenters. The molecule has 0 aliphatic carbocycles. The maximum Gasteiger partial charge on any atom is 0.251 e. The molecular formula is C14H17NO. The Bertz CT molecular complexity index is 373. The van der Waals surface area contributed by atoms with Crippen molar-refractivity contribution in [1.82, 2.24) is 5.32 Å². The highest BCUT2D eigenvalue weighted by Crippen LogP contribution is 2.04. The largest absolute Gasteiger partial charge is 0.352 e. The average molecular weight is 215 g/mol. The molecule has 0 heterocycles. The Hall–Kier alpha value is -1.75. The predicted molar refractivity (Wildman–Crippen MR) is 66.2 cm³/mol. The van der Waals surface area contributed by atoms with Crippen LogP contribution in [0, 0.1) is 12.3 Å². The van der Waals surface area contributed by atoms with E-state index < -0.39 is 0 Å². The first-order valence-electron chi connectivity index (χ1n) is 5.58.